The predicted molar refractivity (Wildman–Crippen MR) is 120 cm³/mol. The van der Waals surface area contributed by atoms with Crippen LogP contribution in [0.3, 0.4) is 0 Å². The molecule has 0 aromatic heterocycles. The van der Waals surface area contributed by atoms with Crippen LogP contribution >= 0.6 is 0 Å². The van der Waals surface area contributed by atoms with Crippen LogP contribution in [0.15, 0.2) is 49.1 Å². The Morgan fingerprint density at radius 3 is 2.86 bits per heavy atom. The van der Waals surface area contributed by atoms with Gasteiger partial charge in [-0.2, -0.15) is 0 Å². The fraction of sp³-hybridized carbons (Fsp3) is 0.308. The van der Waals surface area contributed by atoms with Crippen molar-refractivity contribution >= 4 is 17.7 Å². The zero-order valence-corrected chi connectivity index (χ0v) is 17.5. The highest BCUT2D eigenvalue weighted by Crippen LogP contribution is 2.43. The van der Waals surface area contributed by atoms with Crippen molar-refractivity contribution in [3.8, 4) is 17.2 Å². The molecule has 2 aliphatic rings. The monoisotopic (exact) mass is 388 g/mol. The maximum atomic E-state index is 6.22. The molecule has 4 rings (SSSR count). The fourth-order valence-corrected chi connectivity index (χ4v) is 3.80. The van der Waals surface area contributed by atoms with E-state index in [1.165, 1.54) is 5.56 Å². The quantitative estimate of drug-likeness (QED) is 0.542. The van der Waals surface area contributed by atoms with Crippen molar-refractivity contribution in [2.75, 3.05) is 13.2 Å². The lowest BCUT2D eigenvalue weighted by Crippen LogP contribution is -2.27. The number of ether oxygens (including phenoxy) is 3. The number of aryl methyl sites for hydroxylation is 1. The van der Waals surface area contributed by atoms with Gasteiger partial charge in [-0.15, -0.1) is 0 Å². The molecule has 0 saturated carbocycles. The van der Waals surface area contributed by atoms with E-state index in [-0.39, 0.29) is 5.60 Å². The molecule has 0 atom stereocenters. The number of hydrogen-bond acceptors (Lipinski definition) is 3. The van der Waals surface area contributed by atoms with Crippen molar-refractivity contribution in [1.82, 2.24) is 0 Å². The maximum Gasteiger partial charge on any atom is 0.137 e. The summed E-state index contributed by atoms with van der Waals surface area (Å²) in [7, 11) is 0. The summed E-state index contributed by atoms with van der Waals surface area (Å²) in [5, 5.41) is 0. The van der Waals surface area contributed by atoms with Crippen molar-refractivity contribution in [1.29, 1.82) is 0 Å². The van der Waals surface area contributed by atoms with E-state index in [1.54, 1.807) is 6.08 Å². The fourth-order valence-electron chi connectivity index (χ4n) is 3.80. The zero-order chi connectivity index (χ0) is 20.4. The van der Waals surface area contributed by atoms with Crippen LogP contribution in [-0.2, 0) is 6.42 Å². The molecule has 0 unspecified atom stereocenters. The van der Waals surface area contributed by atoms with Gasteiger partial charge < -0.3 is 14.2 Å². The molecule has 0 N–H and O–H groups in total. The van der Waals surface area contributed by atoms with E-state index in [0.717, 1.165) is 52.4 Å². The van der Waals surface area contributed by atoms with Crippen LogP contribution in [0, 0.1) is 0 Å². The van der Waals surface area contributed by atoms with Crippen molar-refractivity contribution in [2.45, 2.75) is 39.2 Å². The lowest BCUT2D eigenvalue weighted by Gasteiger charge is -2.30. The average molecular weight is 389 g/mol. The predicted octanol–water partition coefficient (Wildman–Crippen LogP) is 6.32. The summed E-state index contributed by atoms with van der Waals surface area (Å²) in [6, 6.07) is 10.6. The molecule has 0 radical (unpaired) electrons. The molecule has 2 heterocycles. The van der Waals surface area contributed by atoms with E-state index < -0.39 is 0 Å². The molecule has 3 nitrogen and oxygen atoms in total. The van der Waals surface area contributed by atoms with Crippen molar-refractivity contribution in [3.05, 3.63) is 71.3 Å². The second-order valence-corrected chi connectivity index (χ2v) is 8.07. The van der Waals surface area contributed by atoms with Crippen LogP contribution in [0.4, 0.5) is 0 Å². The number of benzene rings is 2. The van der Waals surface area contributed by atoms with E-state index in [4.69, 9.17) is 14.2 Å². The third-order valence-corrected chi connectivity index (χ3v) is 5.20. The molecule has 2 aromatic carbocycles. The van der Waals surface area contributed by atoms with E-state index in [1.807, 2.05) is 6.07 Å². The first-order valence-electron chi connectivity index (χ1n) is 10.3. The third kappa shape index (κ3) is 3.95. The van der Waals surface area contributed by atoms with Gasteiger partial charge in [0.25, 0.3) is 0 Å². The largest absolute Gasteiger partial charge is 0.489 e. The highest BCUT2D eigenvalue weighted by molar-refractivity contribution is 5.89. The smallest absolute Gasteiger partial charge is 0.137 e. The normalized spacial score (nSPS) is 16.0. The Morgan fingerprint density at radius 2 is 2.07 bits per heavy atom. The number of rotatable bonds is 6. The molecule has 2 aliphatic heterocycles. The van der Waals surface area contributed by atoms with Gasteiger partial charge in [-0.3, -0.25) is 0 Å². The summed E-state index contributed by atoms with van der Waals surface area (Å²) in [4.78, 5) is 0. The Balaban J connectivity index is 1.72. The molecule has 0 bridgehead atoms. The molecule has 0 aliphatic carbocycles. The summed E-state index contributed by atoms with van der Waals surface area (Å²) >= 11 is 0. The summed E-state index contributed by atoms with van der Waals surface area (Å²) in [5.41, 5.74) is 5.24. The maximum absolute atomic E-state index is 6.22. The Hall–Kier alpha value is -2.94. The second-order valence-electron chi connectivity index (χ2n) is 8.07. The first-order chi connectivity index (χ1) is 14.0. The molecular formula is C26H28O3. The van der Waals surface area contributed by atoms with Crippen LogP contribution < -0.4 is 14.2 Å². The molecule has 0 amide bonds. The van der Waals surface area contributed by atoms with Gasteiger partial charge in [0.2, 0.25) is 0 Å². The van der Waals surface area contributed by atoms with Crippen LogP contribution in [0.2, 0.25) is 0 Å². The lowest BCUT2D eigenvalue weighted by atomic mass is 9.94. The summed E-state index contributed by atoms with van der Waals surface area (Å²) < 4.78 is 18.3. The minimum absolute atomic E-state index is 0.297. The van der Waals surface area contributed by atoms with Gasteiger partial charge in [0, 0.05) is 16.7 Å². The highest BCUT2D eigenvalue weighted by atomic mass is 16.5. The van der Waals surface area contributed by atoms with Gasteiger partial charge in [-0.1, -0.05) is 38.1 Å². The summed E-state index contributed by atoms with van der Waals surface area (Å²) in [5.74, 6) is 2.64. The standard InChI is InChI=1S/C26H28O3/c1-5-7-18-8-10-21(24(15-18)27-14-6-2)20-16-19-9-11-23-22(25(19)28-17-20)12-13-26(3,4)29-23/h6,8-13,15-16H,2,5,7,14,17H2,1,3-4H3. The first-order valence-corrected chi connectivity index (χ1v) is 10.3. The van der Waals surface area contributed by atoms with Crippen LogP contribution in [0.5, 0.6) is 17.2 Å². The van der Waals surface area contributed by atoms with E-state index in [9.17, 15) is 0 Å². The van der Waals surface area contributed by atoms with E-state index >= 15 is 0 Å². The number of fused-ring (bicyclic) bond motifs is 3. The minimum atomic E-state index is -0.297. The molecule has 0 saturated heterocycles. The molecule has 2 aromatic rings. The molecule has 29 heavy (non-hydrogen) atoms. The van der Waals surface area contributed by atoms with E-state index in [0.29, 0.717) is 13.2 Å². The van der Waals surface area contributed by atoms with Crippen molar-refractivity contribution in [2.24, 2.45) is 0 Å². The van der Waals surface area contributed by atoms with Gasteiger partial charge in [-0.25, -0.2) is 0 Å². The van der Waals surface area contributed by atoms with Crippen LogP contribution in [-0.4, -0.2) is 18.8 Å². The summed E-state index contributed by atoms with van der Waals surface area (Å²) in [6.07, 6.45) is 10.3. The number of hydrogen-bond donors (Lipinski definition) is 0. The minimum Gasteiger partial charge on any atom is -0.489 e. The van der Waals surface area contributed by atoms with Gasteiger partial charge in [0.15, 0.2) is 0 Å². The molecule has 150 valence electrons. The van der Waals surface area contributed by atoms with Crippen molar-refractivity contribution in [3.63, 3.8) is 0 Å². The van der Waals surface area contributed by atoms with Crippen LogP contribution in [0.1, 0.15) is 49.4 Å². The Morgan fingerprint density at radius 1 is 1.21 bits per heavy atom. The first kappa shape index (κ1) is 19.4. The van der Waals surface area contributed by atoms with Crippen molar-refractivity contribution < 1.29 is 14.2 Å². The highest BCUT2D eigenvalue weighted by Gasteiger charge is 2.26. The zero-order valence-electron chi connectivity index (χ0n) is 17.5. The SMILES string of the molecule is C=CCOc1cc(CCC)ccc1C1=Cc2ccc3c(c2OC1)C=CC(C)(C)O3. The van der Waals surface area contributed by atoms with Gasteiger partial charge in [0.1, 0.15) is 36.1 Å². The third-order valence-electron chi connectivity index (χ3n) is 5.20. The summed E-state index contributed by atoms with van der Waals surface area (Å²) in [6.45, 7) is 11.1. The molecule has 0 spiro atoms. The van der Waals surface area contributed by atoms with Crippen LogP contribution in [0.25, 0.3) is 17.7 Å². The lowest BCUT2D eigenvalue weighted by molar-refractivity contribution is 0.158. The van der Waals surface area contributed by atoms with Gasteiger partial charge in [0.05, 0.1) is 5.56 Å². The Bertz CT molecular complexity index is 995. The van der Waals surface area contributed by atoms with Gasteiger partial charge >= 0.3 is 0 Å². The second kappa shape index (κ2) is 7.82. The molecule has 3 heteroatoms. The van der Waals surface area contributed by atoms with E-state index in [2.05, 4.69) is 69.8 Å². The Kier molecular flexibility index (Phi) is 5.23. The molecular weight excluding hydrogens is 360 g/mol. The average Bonchev–Trinajstić information content (AvgIpc) is 2.71. The molecule has 0 fully saturated rings. The topological polar surface area (TPSA) is 27.7 Å². The van der Waals surface area contributed by atoms with Gasteiger partial charge in [-0.05, 0) is 62.3 Å². The Labute approximate surface area is 173 Å².